The molecule has 0 radical (unpaired) electrons. The van der Waals surface area contributed by atoms with Crippen LogP contribution in [-0.2, 0) is 20.9 Å². The van der Waals surface area contributed by atoms with Crippen LogP contribution in [0.3, 0.4) is 0 Å². The Labute approximate surface area is 212 Å². The lowest BCUT2D eigenvalue weighted by Crippen LogP contribution is -2.28. The molecule has 2 aliphatic rings. The molecule has 0 aliphatic carbocycles. The van der Waals surface area contributed by atoms with Gasteiger partial charge in [-0.15, -0.1) is 0 Å². The van der Waals surface area contributed by atoms with Crippen LogP contribution < -0.4 is 0 Å². The highest BCUT2D eigenvalue weighted by atomic mass is 16.6. The fourth-order valence-corrected chi connectivity index (χ4v) is 5.45. The summed E-state index contributed by atoms with van der Waals surface area (Å²) in [7, 11) is 0. The number of ketones is 1. The Balaban J connectivity index is 1.20. The van der Waals surface area contributed by atoms with E-state index in [1.54, 1.807) is 24.3 Å². The van der Waals surface area contributed by atoms with Crippen molar-refractivity contribution < 1.29 is 14.3 Å². The molecule has 0 bridgehead atoms. The predicted octanol–water partition coefficient (Wildman–Crippen LogP) is 5.70. The van der Waals surface area contributed by atoms with Crippen molar-refractivity contribution in [1.29, 1.82) is 5.26 Å². The molecule has 0 N–H and O–H groups in total. The van der Waals surface area contributed by atoms with Crippen LogP contribution in [0.4, 0.5) is 0 Å². The van der Waals surface area contributed by atoms with E-state index >= 15 is 0 Å². The number of rotatable bonds is 6. The Bertz CT molecular complexity index is 1250. The summed E-state index contributed by atoms with van der Waals surface area (Å²) in [5, 5.41) is 9.05. The minimum absolute atomic E-state index is 0.0594. The SMILES string of the molecule is N#Cc1ccc([C@H]2OC(=O)C[C@@H]2C(=O)C2CCCN(Cc3ccc(-c4ccccc4)cc3)CC2)cc1. The lowest BCUT2D eigenvalue weighted by atomic mass is 9.82. The zero-order valence-electron chi connectivity index (χ0n) is 20.3. The number of nitriles is 1. The molecule has 2 saturated heterocycles. The van der Waals surface area contributed by atoms with Crippen LogP contribution in [-0.4, -0.2) is 29.7 Å². The van der Waals surface area contributed by atoms with Crippen molar-refractivity contribution in [3.63, 3.8) is 0 Å². The van der Waals surface area contributed by atoms with Gasteiger partial charge in [-0.3, -0.25) is 14.5 Å². The molecule has 0 aromatic heterocycles. The number of hydrogen-bond donors (Lipinski definition) is 0. The molecular weight excluding hydrogens is 448 g/mol. The van der Waals surface area contributed by atoms with E-state index in [2.05, 4.69) is 59.5 Å². The van der Waals surface area contributed by atoms with Crippen LogP contribution in [0, 0.1) is 23.2 Å². The van der Waals surface area contributed by atoms with E-state index in [4.69, 9.17) is 10.00 Å². The first-order chi connectivity index (χ1) is 17.6. The highest BCUT2D eigenvalue weighted by Gasteiger charge is 2.43. The zero-order chi connectivity index (χ0) is 24.9. The summed E-state index contributed by atoms with van der Waals surface area (Å²) in [4.78, 5) is 28.1. The minimum atomic E-state index is -0.555. The van der Waals surface area contributed by atoms with E-state index in [0.29, 0.717) is 5.56 Å². The summed E-state index contributed by atoms with van der Waals surface area (Å²) in [6.07, 6.45) is 2.18. The number of cyclic esters (lactones) is 1. The number of benzene rings is 3. The summed E-state index contributed by atoms with van der Waals surface area (Å²) < 4.78 is 5.57. The maximum absolute atomic E-state index is 13.5. The van der Waals surface area contributed by atoms with Crippen LogP contribution >= 0.6 is 0 Å². The van der Waals surface area contributed by atoms with Crippen molar-refractivity contribution in [3.05, 3.63) is 95.6 Å². The van der Waals surface area contributed by atoms with Crippen LogP contribution in [0.25, 0.3) is 11.1 Å². The lowest BCUT2D eigenvalue weighted by molar-refractivity contribution is -0.142. The second-order valence-corrected chi connectivity index (χ2v) is 9.82. The summed E-state index contributed by atoms with van der Waals surface area (Å²) in [6.45, 7) is 2.69. The third kappa shape index (κ3) is 5.40. The first-order valence-electron chi connectivity index (χ1n) is 12.7. The molecule has 2 aliphatic heterocycles. The lowest BCUT2D eigenvalue weighted by Gasteiger charge is -2.22. The molecule has 2 fully saturated rings. The molecule has 0 amide bonds. The van der Waals surface area contributed by atoms with E-state index in [-0.39, 0.29) is 24.1 Å². The predicted molar refractivity (Wildman–Crippen MR) is 138 cm³/mol. The average Bonchev–Trinajstić information content (AvgIpc) is 3.16. The van der Waals surface area contributed by atoms with Gasteiger partial charge in [-0.2, -0.15) is 5.26 Å². The maximum Gasteiger partial charge on any atom is 0.307 e. The molecule has 5 nitrogen and oxygen atoms in total. The van der Waals surface area contributed by atoms with Crippen LogP contribution in [0.2, 0.25) is 0 Å². The van der Waals surface area contributed by atoms with Crippen molar-refractivity contribution >= 4 is 11.8 Å². The van der Waals surface area contributed by atoms with E-state index in [0.717, 1.165) is 44.5 Å². The number of likely N-dealkylation sites (tertiary alicyclic amines) is 1. The molecule has 5 heteroatoms. The fourth-order valence-electron chi connectivity index (χ4n) is 5.45. The molecule has 0 spiro atoms. The molecule has 3 atom stereocenters. The molecule has 1 unspecified atom stereocenters. The van der Waals surface area contributed by atoms with Gasteiger partial charge in [0, 0.05) is 12.5 Å². The summed E-state index contributed by atoms with van der Waals surface area (Å²) in [5.41, 5.74) is 5.03. The van der Waals surface area contributed by atoms with Gasteiger partial charge in [-0.1, -0.05) is 66.7 Å². The number of esters is 1. The molecule has 5 rings (SSSR count). The first kappa shape index (κ1) is 24.0. The Morgan fingerprint density at radius 2 is 1.64 bits per heavy atom. The summed E-state index contributed by atoms with van der Waals surface area (Å²) in [5.74, 6) is -0.690. The molecule has 2 heterocycles. The number of hydrogen-bond acceptors (Lipinski definition) is 5. The van der Waals surface area contributed by atoms with Crippen LogP contribution in [0.15, 0.2) is 78.9 Å². The van der Waals surface area contributed by atoms with Gasteiger partial charge in [0.05, 0.1) is 24.0 Å². The molecule has 182 valence electrons. The zero-order valence-corrected chi connectivity index (χ0v) is 20.3. The second kappa shape index (κ2) is 10.9. The third-order valence-electron chi connectivity index (χ3n) is 7.43. The smallest absolute Gasteiger partial charge is 0.307 e. The Hall–Kier alpha value is -3.75. The van der Waals surface area contributed by atoms with Crippen molar-refractivity contribution in [1.82, 2.24) is 4.90 Å². The van der Waals surface area contributed by atoms with E-state index in [1.807, 2.05) is 6.07 Å². The summed E-state index contributed by atoms with van der Waals surface area (Å²) >= 11 is 0. The quantitative estimate of drug-likeness (QED) is 0.425. The van der Waals surface area contributed by atoms with E-state index in [9.17, 15) is 9.59 Å². The molecule has 3 aromatic rings. The van der Waals surface area contributed by atoms with Crippen molar-refractivity contribution in [3.8, 4) is 17.2 Å². The van der Waals surface area contributed by atoms with Gasteiger partial charge in [0.1, 0.15) is 11.9 Å². The highest BCUT2D eigenvalue weighted by molar-refractivity contribution is 5.90. The van der Waals surface area contributed by atoms with Crippen molar-refractivity contribution in [2.24, 2.45) is 11.8 Å². The first-order valence-corrected chi connectivity index (χ1v) is 12.7. The van der Waals surface area contributed by atoms with Crippen LogP contribution in [0.1, 0.15) is 48.5 Å². The maximum atomic E-state index is 13.5. The number of nitrogens with zero attached hydrogens (tertiary/aromatic N) is 2. The molecular formula is C31H30N2O3. The van der Waals surface area contributed by atoms with Gasteiger partial charge in [-0.05, 0) is 66.7 Å². The normalized spacial score (nSPS) is 22.4. The number of Topliss-reactive ketones (excluding diaryl/α,β-unsaturated/α-hetero) is 1. The van der Waals surface area contributed by atoms with Gasteiger partial charge in [0.15, 0.2) is 0 Å². The van der Waals surface area contributed by atoms with Crippen LogP contribution in [0.5, 0.6) is 0 Å². The molecule has 3 aromatic carbocycles. The highest BCUT2D eigenvalue weighted by Crippen LogP contribution is 2.39. The van der Waals surface area contributed by atoms with Crippen molar-refractivity contribution in [2.45, 2.75) is 38.3 Å². The summed E-state index contributed by atoms with van der Waals surface area (Å²) in [6, 6.07) is 28.2. The Kier molecular flexibility index (Phi) is 7.25. The Morgan fingerprint density at radius 1 is 0.917 bits per heavy atom. The van der Waals surface area contributed by atoms with Gasteiger partial charge in [0.25, 0.3) is 0 Å². The van der Waals surface area contributed by atoms with Crippen molar-refractivity contribution in [2.75, 3.05) is 13.1 Å². The number of carbonyl (C=O) groups excluding carboxylic acids is 2. The molecule has 36 heavy (non-hydrogen) atoms. The monoisotopic (exact) mass is 478 g/mol. The average molecular weight is 479 g/mol. The van der Waals surface area contributed by atoms with E-state index in [1.165, 1.54) is 16.7 Å². The minimum Gasteiger partial charge on any atom is -0.457 e. The number of ether oxygens (including phenoxy) is 1. The molecule has 0 saturated carbocycles. The third-order valence-corrected chi connectivity index (χ3v) is 7.43. The largest absolute Gasteiger partial charge is 0.457 e. The van der Waals surface area contributed by atoms with Gasteiger partial charge in [0.2, 0.25) is 0 Å². The standard InChI is InChI=1S/C31H30N2O3/c32-20-22-8-14-27(15-9-22)31-28(19-29(34)36-31)30(35)26-7-4-17-33(18-16-26)21-23-10-12-25(13-11-23)24-5-2-1-3-6-24/h1-3,5-6,8-15,26,28,31H,4,7,16-19,21H2/t26?,28-,31-/m1/s1. The topological polar surface area (TPSA) is 70.4 Å². The second-order valence-electron chi connectivity index (χ2n) is 9.82. The fraction of sp³-hybridized carbons (Fsp3) is 0.323. The van der Waals surface area contributed by atoms with Gasteiger partial charge >= 0.3 is 5.97 Å². The van der Waals surface area contributed by atoms with E-state index < -0.39 is 12.0 Å². The Morgan fingerprint density at radius 3 is 2.36 bits per heavy atom. The van der Waals surface area contributed by atoms with Gasteiger partial charge < -0.3 is 4.74 Å². The van der Waals surface area contributed by atoms with Gasteiger partial charge in [-0.25, -0.2) is 0 Å². The number of carbonyl (C=O) groups is 2.